The molecular formula is C26H24Br2N2O4. The molecule has 2 amide bonds. The largest absolute Gasteiger partial charge is 0.490 e. The number of hydrazone groups is 1. The van der Waals surface area contributed by atoms with Crippen LogP contribution >= 0.6 is 31.9 Å². The molecule has 176 valence electrons. The second-order valence-corrected chi connectivity index (χ2v) is 10.4. The van der Waals surface area contributed by atoms with E-state index in [0.717, 1.165) is 17.0 Å². The molecule has 1 saturated heterocycles. The van der Waals surface area contributed by atoms with Gasteiger partial charge in [-0.15, -0.1) is 0 Å². The fourth-order valence-electron chi connectivity index (χ4n) is 5.06. The number of rotatable bonds is 7. The molecule has 6 nitrogen and oxygen atoms in total. The van der Waals surface area contributed by atoms with E-state index >= 15 is 0 Å². The normalized spacial score (nSPS) is 25.0. The number of fused-ring (bicyclic) bond motifs is 5. The average Bonchev–Trinajstić information content (AvgIpc) is 3.51. The second kappa shape index (κ2) is 9.30. The van der Waals surface area contributed by atoms with Gasteiger partial charge in [0.15, 0.2) is 11.5 Å². The Morgan fingerprint density at radius 3 is 2.29 bits per heavy atom. The number of carbonyl (C=O) groups excluding carboxylic acids is 2. The molecule has 2 aliphatic carbocycles. The van der Waals surface area contributed by atoms with Crippen LogP contribution in [0.15, 0.2) is 56.5 Å². The van der Waals surface area contributed by atoms with Gasteiger partial charge in [0.1, 0.15) is 6.61 Å². The Hall–Kier alpha value is -2.45. The lowest BCUT2D eigenvalue weighted by atomic mass is 9.85. The summed E-state index contributed by atoms with van der Waals surface area (Å²) in [5.41, 5.74) is 2.90. The Kier molecular flexibility index (Phi) is 6.37. The highest BCUT2D eigenvalue weighted by Crippen LogP contribution is 2.52. The van der Waals surface area contributed by atoms with Crippen LogP contribution in [0.5, 0.6) is 11.5 Å². The van der Waals surface area contributed by atoms with Crippen LogP contribution in [0.2, 0.25) is 0 Å². The molecule has 2 fully saturated rings. The number of amides is 2. The van der Waals surface area contributed by atoms with Gasteiger partial charge in [-0.25, -0.2) is 0 Å². The molecule has 1 heterocycles. The lowest BCUT2D eigenvalue weighted by molar-refractivity contribution is -0.140. The monoisotopic (exact) mass is 586 g/mol. The number of imide groups is 1. The molecular weight excluding hydrogens is 564 g/mol. The van der Waals surface area contributed by atoms with Gasteiger partial charge < -0.3 is 9.47 Å². The van der Waals surface area contributed by atoms with Gasteiger partial charge in [0.2, 0.25) is 0 Å². The maximum atomic E-state index is 12.9. The van der Waals surface area contributed by atoms with Gasteiger partial charge in [-0.3, -0.25) is 9.59 Å². The summed E-state index contributed by atoms with van der Waals surface area (Å²) < 4.78 is 13.3. The first-order valence-corrected chi connectivity index (χ1v) is 12.9. The molecule has 0 N–H and O–H groups in total. The predicted octanol–water partition coefficient (Wildman–Crippen LogP) is 5.64. The Morgan fingerprint density at radius 2 is 1.68 bits per heavy atom. The minimum atomic E-state index is -0.272. The zero-order valence-electron chi connectivity index (χ0n) is 18.8. The van der Waals surface area contributed by atoms with Gasteiger partial charge in [-0.05, 0) is 75.6 Å². The summed E-state index contributed by atoms with van der Waals surface area (Å²) in [6.07, 6.45) is 6.56. The fourth-order valence-corrected chi connectivity index (χ4v) is 5.99. The van der Waals surface area contributed by atoms with Crippen molar-refractivity contribution >= 4 is 49.9 Å². The van der Waals surface area contributed by atoms with Gasteiger partial charge >= 0.3 is 0 Å². The molecule has 4 atom stereocenters. The Balaban J connectivity index is 1.39. The fraction of sp³-hybridized carbons (Fsp3) is 0.346. The van der Waals surface area contributed by atoms with Crippen LogP contribution in [0.1, 0.15) is 30.0 Å². The predicted molar refractivity (Wildman–Crippen MR) is 136 cm³/mol. The summed E-state index contributed by atoms with van der Waals surface area (Å²) in [5, 5.41) is 5.35. The van der Waals surface area contributed by atoms with E-state index in [2.05, 4.69) is 49.1 Å². The molecule has 0 aromatic heterocycles. The molecule has 0 radical (unpaired) electrons. The van der Waals surface area contributed by atoms with Gasteiger partial charge in [0, 0.05) is 10.0 Å². The Morgan fingerprint density at radius 1 is 1.03 bits per heavy atom. The number of carbonyl (C=O) groups is 2. The summed E-state index contributed by atoms with van der Waals surface area (Å²) in [5.74, 6) is 0.464. The smallest absolute Gasteiger partial charge is 0.254 e. The van der Waals surface area contributed by atoms with Crippen molar-refractivity contribution in [2.75, 3.05) is 6.61 Å². The Labute approximate surface area is 215 Å². The first-order chi connectivity index (χ1) is 16.4. The average molecular weight is 588 g/mol. The van der Waals surface area contributed by atoms with Gasteiger partial charge in [-0.1, -0.05) is 42.0 Å². The van der Waals surface area contributed by atoms with Crippen LogP contribution in [-0.2, 0) is 16.2 Å². The first-order valence-electron chi connectivity index (χ1n) is 11.3. The van der Waals surface area contributed by atoms with E-state index < -0.39 is 0 Å². The minimum absolute atomic E-state index is 0.155. The topological polar surface area (TPSA) is 68.2 Å². The number of nitrogens with zero attached hydrogens (tertiary/aromatic N) is 2. The van der Waals surface area contributed by atoms with Crippen molar-refractivity contribution in [3.05, 3.63) is 68.1 Å². The van der Waals surface area contributed by atoms with Crippen LogP contribution in [0.4, 0.5) is 0 Å². The van der Waals surface area contributed by atoms with Crippen LogP contribution in [0, 0.1) is 30.6 Å². The number of aryl methyl sites for hydroxylation is 1. The van der Waals surface area contributed by atoms with Crippen molar-refractivity contribution in [3.63, 3.8) is 0 Å². The highest BCUT2D eigenvalue weighted by molar-refractivity contribution is 9.13. The maximum absolute atomic E-state index is 12.9. The molecule has 8 heteroatoms. The summed E-state index contributed by atoms with van der Waals surface area (Å²) in [6, 6.07) is 9.94. The molecule has 34 heavy (non-hydrogen) atoms. The molecule has 3 aliphatic rings. The quantitative estimate of drug-likeness (QED) is 0.239. The van der Waals surface area contributed by atoms with Crippen molar-refractivity contribution in [2.24, 2.45) is 28.8 Å². The molecule has 5 rings (SSSR count). The van der Waals surface area contributed by atoms with Gasteiger partial charge in [-0.2, -0.15) is 10.1 Å². The van der Waals surface area contributed by atoms with Gasteiger partial charge in [0.05, 0.1) is 29.1 Å². The molecule has 0 unspecified atom stereocenters. The van der Waals surface area contributed by atoms with E-state index in [4.69, 9.17) is 9.47 Å². The van der Waals surface area contributed by atoms with Crippen molar-refractivity contribution in [2.45, 2.75) is 26.9 Å². The highest BCUT2D eigenvalue weighted by Gasteiger charge is 2.59. The van der Waals surface area contributed by atoms with E-state index in [0.29, 0.717) is 39.2 Å². The number of hydrogen-bond acceptors (Lipinski definition) is 5. The van der Waals surface area contributed by atoms with Crippen LogP contribution < -0.4 is 9.47 Å². The van der Waals surface area contributed by atoms with Crippen molar-refractivity contribution in [1.82, 2.24) is 5.01 Å². The zero-order valence-corrected chi connectivity index (χ0v) is 22.0. The van der Waals surface area contributed by atoms with E-state index in [1.54, 1.807) is 6.07 Å². The van der Waals surface area contributed by atoms with E-state index in [-0.39, 0.29) is 35.5 Å². The summed E-state index contributed by atoms with van der Waals surface area (Å²) in [4.78, 5) is 25.8. The number of ether oxygens (including phenoxy) is 2. The number of hydrogen-bond donors (Lipinski definition) is 0. The molecule has 2 aromatic rings. The van der Waals surface area contributed by atoms with Crippen LogP contribution in [0.3, 0.4) is 0 Å². The van der Waals surface area contributed by atoms with E-state index in [9.17, 15) is 9.59 Å². The third-order valence-corrected chi connectivity index (χ3v) is 8.86. The molecule has 2 bridgehead atoms. The number of halogens is 2. The summed E-state index contributed by atoms with van der Waals surface area (Å²) >= 11 is 7.21. The molecule has 2 aromatic carbocycles. The lowest BCUT2D eigenvalue weighted by Gasteiger charge is -2.17. The second-order valence-electron chi connectivity index (χ2n) is 8.86. The summed E-state index contributed by atoms with van der Waals surface area (Å²) in [6.45, 7) is 4.78. The third kappa shape index (κ3) is 4.01. The number of benzene rings is 2. The molecule has 1 aliphatic heterocycles. The number of allylic oxidation sites excluding steroid dienone is 2. The minimum Gasteiger partial charge on any atom is -0.490 e. The Bertz CT molecular complexity index is 1180. The standard InChI is InChI=1S/C26H24Br2N2O4/c1-3-33-19-11-18(22(27)23(28)24(19)34-13-15-6-4-14(2)5-7-15)12-29-30-25(31)20-16-8-9-17(10-16)21(20)26(30)32/h4-9,11-12,16-17,20-21H,3,10,13H2,1-2H3/t16-,17-,20-,21+/m0/s1. The lowest BCUT2D eigenvalue weighted by Crippen LogP contribution is -2.28. The van der Waals surface area contributed by atoms with Crippen LogP contribution in [0.25, 0.3) is 0 Å². The van der Waals surface area contributed by atoms with Crippen molar-refractivity contribution in [3.8, 4) is 11.5 Å². The highest BCUT2D eigenvalue weighted by atomic mass is 79.9. The van der Waals surface area contributed by atoms with Crippen LogP contribution in [-0.4, -0.2) is 29.6 Å². The maximum Gasteiger partial charge on any atom is 0.254 e. The first kappa shape index (κ1) is 23.3. The van der Waals surface area contributed by atoms with Crippen molar-refractivity contribution < 1.29 is 19.1 Å². The zero-order chi connectivity index (χ0) is 24.0. The van der Waals surface area contributed by atoms with E-state index in [1.807, 2.05) is 38.1 Å². The molecule has 0 spiro atoms. The SMILES string of the molecule is CCOc1cc(C=NN2C(=O)[C@@H]3[C@H](C2=O)[C@H]2C=C[C@H]3C2)c(Br)c(Br)c1OCc1ccc(C)cc1. The van der Waals surface area contributed by atoms with E-state index in [1.165, 1.54) is 11.8 Å². The molecule has 1 saturated carbocycles. The van der Waals surface area contributed by atoms with Gasteiger partial charge in [0.25, 0.3) is 11.8 Å². The third-order valence-electron chi connectivity index (χ3n) is 6.72. The van der Waals surface area contributed by atoms with Crippen molar-refractivity contribution in [1.29, 1.82) is 0 Å². The summed E-state index contributed by atoms with van der Waals surface area (Å²) in [7, 11) is 0.